The fourth-order valence-corrected chi connectivity index (χ4v) is 3.86. The molecular weight excluding hydrogens is 398 g/mol. The first-order valence-corrected chi connectivity index (χ1v) is 10.4. The molecule has 7 heteroatoms. The van der Waals surface area contributed by atoms with Crippen LogP contribution < -0.4 is 10.2 Å². The summed E-state index contributed by atoms with van der Waals surface area (Å²) in [7, 11) is 0. The van der Waals surface area contributed by atoms with Gasteiger partial charge >= 0.3 is 0 Å². The minimum atomic E-state index is -2.70. The van der Waals surface area contributed by atoms with Crippen LogP contribution in [0.1, 0.15) is 35.2 Å². The van der Waals surface area contributed by atoms with E-state index < -0.39 is 5.92 Å². The van der Waals surface area contributed by atoms with Crippen molar-refractivity contribution < 1.29 is 13.6 Å². The van der Waals surface area contributed by atoms with E-state index in [1.807, 2.05) is 55.5 Å². The van der Waals surface area contributed by atoms with Crippen molar-refractivity contribution in [3.8, 4) is 11.3 Å². The highest BCUT2D eigenvalue weighted by Gasteiger charge is 2.34. The van der Waals surface area contributed by atoms with Crippen molar-refractivity contribution in [2.24, 2.45) is 0 Å². The van der Waals surface area contributed by atoms with Gasteiger partial charge in [0.2, 0.25) is 5.92 Å². The molecule has 1 amide bonds. The second kappa shape index (κ2) is 8.79. The summed E-state index contributed by atoms with van der Waals surface area (Å²) in [6.45, 7) is 2.35. The van der Waals surface area contributed by atoms with E-state index in [1.54, 1.807) is 17.0 Å². The number of halogens is 2. The molecule has 0 spiro atoms. The number of aromatic nitrogens is 2. The van der Waals surface area contributed by atoms with Gasteiger partial charge in [-0.2, -0.15) is 0 Å². The maximum Gasteiger partial charge on any atom is 0.259 e. The molecule has 0 radical (unpaired) electrons. The van der Waals surface area contributed by atoms with Crippen molar-refractivity contribution >= 4 is 17.4 Å². The number of nitrogens with zero attached hydrogens (tertiary/aromatic N) is 3. The van der Waals surface area contributed by atoms with Gasteiger partial charge in [-0.1, -0.05) is 48.5 Å². The molecule has 2 aromatic carbocycles. The van der Waals surface area contributed by atoms with E-state index in [9.17, 15) is 13.6 Å². The summed E-state index contributed by atoms with van der Waals surface area (Å²) >= 11 is 0. The van der Waals surface area contributed by atoms with Crippen molar-refractivity contribution in [1.29, 1.82) is 0 Å². The summed E-state index contributed by atoms with van der Waals surface area (Å²) in [5.74, 6) is -2.68. The molecule has 2 heterocycles. The quantitative estimate of drug-likeness (QED) is 0.617. The van der Waals surface area contributed by atoms with Crippen LogP contribution in [0.15, 0.2) is 60.7 Å². The van der Waals surface area contributed by atoms with Crippen molar-refractivity contribution in [2.45, 2.75) is 32.1 Å². The number of carbonyl (C=O) groups is 1. The fourth-order valence-electron chi connectivity index (χ4n) is 3.86. The van der Waals surface area contributed by atoms with E-state index >= 15 is 0 Å². The Kier molecular flexibility index (Phi) is 5.93. The van der Waals surface area contributed by atoms with Crippen LogP contribution >= 0.6 is 0 Å². The molecule has 160 valence electrons. The van der Waals surface area contributed by atoms with Gasteiger partial charge in [0, 0.05) is 37.2 Å². The second-order valence-corrected chi connectivity index (χ2v) is 7.75. The van der Waals surface area contributed by atoms with Gasteiger partial charge in [0.1, 0.15) is 0 Å². The van der Waals surface area contributed by atoms with Gasteiger partial charge in [-0.05, 0) is 31.0 Å². The van der Waals surface area contributed by atoms with Crippen LogP contribution in [0.3, 0.4) is 0 Å². The van der Waals surface area contributed by atoms with Crippen LogP contribution in [-0.4, -0.2) is 35.1 Å². The number of hydrogen-bond acceptors (Lipinski definition) is 4. The van der Waals surface area contributed by atoms with E-state index in [4.69, 9.17) is 0 Å². The highest BCUT2D eigenvalue weighted by Crippen LogP contribution is 2.33. The monoisotopic (exact) mass is 422 g/mol. The number of alkyl halides is 2. The van der Waals surface area contributed by atoms with Crippen molar-refractivity contribution in [3.63, 3.8) is 0 Å². The maximum atomic E-state index is 13.9. The fraction of sp³-hybridized carbons (Fsp3) is 0.292. The number of anilines is 2. The van der Waals surface area contributed by atoms with Crippen LogP contribution in [0.25, 0.3) is 11.3 Å². The summed E-state index contributed by atoms with van der Waals surface area (Å²) in [5, 5.41) is 11.7. The summed E-state index contributed by atoms with van der Waals surface area (Å²) in [4.78, 5) is 15.1. The SMILES string of the molecule is Cc1c(-c2ccccc2)nnc(N2CCCC(F)(F)CC2)c1C(=O)Nc1ccccc1. The first-order chi connectivity index (χ1) is 14.9. The zero-order chi connectivity index (χ0) is 21.8. The molecule has 1 fully saturated rings. The number of amides is 1. The molecule has 4 rings (SSSR count). The van der Waals surface area contributed by atoms with Gasteiger partial charge in [0.15, 0.2) is 5.82 Å². The number of carbonyl (C=O) groups excluding carboxylic acids is 1. The average Bonchev–Trinajstić information content (AvgIpc) is 2.95. The van der Waals surface area contributed by atoms with Gasteiger partial charge in [-0.25, -0.2) is 8.78 Å². The van der Waals surface area contributed by atoms with Gasteiger partial charge in [0.25, 0.3) is 5.91 Å². The Hall–Kier alpha value is -3.35. The van der Waals surface area contributed by atoms with Crippen LogP contribution in [0.2, 0.25) is 0 Å². The molecule has 5 nitrogen and oxygen atoms in total. The zero-order valence-corrected chi connectivity index (χ0v) is 17.3. The number of hydrogen-bond donors (Lipinski definition) is 1. The van der Waals surface area contributed by atoms with E-state index in [0.29, 0.717) is 41.3 Å². The average molecular weight is 422 g/mol. The third kappa shape index (κ3) is 4.71. The van der Waals surface area contributed by atoms with Gasteiger partial charge < -0.3 is 10.2 Å². The predicted molar refractivity (Wildman–Crippen MR) is 118 cm³/mol. The Bertz CT molecular complexity index is 1060. The first-order valence-electron chi connectivity index (χ1n) is 10.4. The predicted octanol–water partition coefficient (Wildman–Crippen LogP) is 5.33. The molecule has 0 aliphatic carbocycles. The number of nitrogens with one attached hydrogen (secondary N) is 1. The van der Waals surface area contributed by atoms with Gasteiger partial charge in [0.05, 0.1) is 11.3 Å². The van der Waals surface area contributed by atoms with Crippen molar-refractivity contribution in [3.05, 3.63) is 71.8 Å². The molecule has 0 saturated carbocycles. The van der Waals surface area contributed by atoms with Gasteiger partial charge in [-0.3, -0.25) is 4.79 Å². The molecular formula is C24H24F2N4O. The largest absolute Gasteiger partial charge is 0.354 e. The molecule has 0 bridgehead atoms. The normalized spacial score (nSPS) is 15.9. The lowest BCUT2D eigenvalue weighted by Crippen LogP contribution is -2.30. The van der Waals surface area contributed by atoms with Gasteiger partial charge in [-0.15, -0.1) is 10.2 Å². The Balaban J connectivity index is 1.77. The highest BCUT2D eigenvalue weighted by molar-refractivity contribution is 6.09. The topological polar surface area (TPSA) is 58.1 Å². The van der Waals surface area contributed by atoms with Crippen LogP contribution in [0, 0.1) is 6.92 Å². The molecule has 0 unspecified atom stereocenters. The van der Waals surface area contributed by atoms with Crippen LogP contribution in [-0.2, 0) is 0 Å². The summed E-state index contributed by atoms with van der Waals surface area (Å²) in [6, 6.07) is 18.6. The minimum Gasteiger partial charge on any atom is -0.354 e. The smallest absolute Gasteiger partial charge is 0.259 e. The molecule has 31 heavy (non-hydrogen) atoms. The third-order valence-corrected chi connectivity index (χ3v) is 5.52. The Morgan fingerprint density at radius 3 is 2.35 bits per heavy atom. The standard InChI is InChI=1S/C24H24F2N4O/c1-17-20(23(31)27-19-11-6-3-7-12-19)22(30-15-8-13-24(25,26)14-16-30)29-28-21(17)18-9-4-2-5-10-18/h2-7,9-12H,8,13-16H2,1H3,(H,27,31). The molecule has 1 N–H and O–H groups in total. The van der Waals surface area contributed by atoms with Crippen molar-refractivity contribution in [2.75, 3.05) is 23.3 Å². The molecule has 1 saturated heterocycles. The Morgan fingerprint density at radius 1 is 0.968 bits per heavy atom. The minimum absolute atomic E-state index is 0.122. The number of benzene rings is 2. The lowest BCUT2D eigenvalue weighted by Gasteiger charge is -2.25. The number of rotatable bonds is 4. The van der Waals surface area contributed by atoms with Crippen LogP contribution in [0.5, 0.6) is 0 Å². The lowest BCUT2D eigenvalue weighted by molar-refractivity contribution is -0.0102. The third-order valence-electron chi connectivity index (χ3n) is 5.52. The first kappa shape index (κ1) is 20.9. The Labute approximate surface area is 180 Å². The van der Waals surface area contributed by atoms with Crippen molar-refractivity contribution in [1.82, 2.24) is 10.2 Å². The maximum absolute atomic E-state index is 13.9. The van der Waals surface area contributed by atoms with Crippen LogP contribution in [0.4, 0.5) is 20.3 Å². The molecule has 1 aromatic heterocycles. The van der Waals surface area contributed by atoms with E-state index in [-0.39, 0.29) is 25.3 Å². The summed E-state index contributed by atoms with van der Waals surface area (Å²) in [6.07, 6.45) is -0.106. The van der Waals surface area contributed by atoms with E-state index in [1.165, 1.54) is 0 Å². The highest BCUT2D eigenvalue weighted by atomic mass is 19.3. The molecule has 1 aliphatic heterocycles. The molecule has 3 aromatic rings. The van der Waals surface area contributed by atoms with E-state index in [0.717, 1.165) is 5.56 Å². The summed E-state index contributed by atoms with van der Waals surface area (Å²) in [5.41, 5.74) is 3.12. The molecule has 1 aliphatic rings. The second-order valence-electron chi connectivity index (χ2n) is 7.75. The summed E-state index contributed by atoms with van der Waals surface area (Å²) < 4.78 is 27.8. The lowest BCUT2D eigenvalue weighted by atomic mass is 10.0. The van der Waals surface area contributed by atoms with E-state index in [2.05, 4.69) is 15.5 Å². The molecule has 0 atom stereocenters. The number of para-hydroxylation sites is 1. The zero-order valence-electron chi connectivity index (χ0n) is 17.3. The Morgan fingerprint density at radius 2 is 1.65 bits per heavy atom.